The second kappa shape index (κ2) is 3.70. The lowest BCUT2D eigenvalue weighted by molar-refractivity contribution is 0.835. The van der Waals surface area contributed by atoms with E-state index in [-0.39, 0.29) is 0 Å². The first-order chi connectivity index (χ1) is 7.08. The third-order valence-electron chi connectivity index (χ3n) is 2.23. The van der Waals surface area contributed by atoms with Crippen LogP contribution in [0.5, 0.6) is 0 Å². The lowest BCUT2D eigenvalue weighted by Gasteiger charge is -2.07. The molecule has 0 atom stereocenters. The van der Waals surface area contributed by atoms with Crippen LogP contribution in [0.1, 0.15) is 11.4 Å². The van der Waals surface area contributed by atoms with Gasteiger partial charge in [0.25, 0.3) is 0 Å². The lowest BCUT2D eigenvalue weighted by atomic mass is 10.2. The van der Waals surface area contributed by atoms with E-state index in [9.17, 15) is 0 Å². The van der Waals surface area contributed by atoms with E-state index in [2.05, 4.69) is 21.0 Å². The standard InChI is InChI=1S/C11H12BrN3/c1-7-5-8(2)15(14-7)11-4-3-9(12)6-10(11)13/h3-6H,13H2,1-2H3. The first-order valence-electron chi connectivity index (χ1n) is 4.66. The zero-order chi connectivity index (χ0) is 11.0. The SMILES string of the molecule is Cc1cc(C)n(-c2ccc(Br)cc2N)n1. The molecule has 4 heteroatoms. The fourth-order valence-electron chi connectivity index (χ4n) is 1.59. The van der Waals surface area contributed by atoms with E-state index in [0.29, 0.717) is 0 Å². The molecule has 0 saturated carbocycles. The molecule has 0 saturated heterocycles. The van der Waals surface area contributed by atoms with E-state index in [1.54, 1.807) is 0 Å². The third-order valence-corrected chi connectivity index (χ3v) is 2.72. The van der Waals surface area contributed by atoms with Crippen molar-refractivity contribution in [2.75, 3.05) is 5.73 Å². The summed E-state index contributed by atoms with van der Waals surface area (Å²) >= 11 is 3.38. The van der Waals surface area contributed by atoms with E-state index in [4.69, 9.17) is 5.73 Å². The van der Waals surface area contributed by atoms with Crippen LogP contribution in [-0.4, -0.2) is 9.78 Å². The van der Waals surface area contributed by atoms with Crippen molar-refractivity contribution in [1.82, 2.24) is 9.78 Å². The van der Waals surface area contributed by atoms with Crippen LogP contribution in [0.4, 0.5) is 5.69 Å². The lowest BCUT2D eigenvalue weighted by Crippen LogP contribution is -2.03. The van der Waals surface area contributed by atoms with E-state index >= 15 is 0 Å². The maximum Gasteiger partial charge on any atom is 0.0878 e. The van der Waals surface area contributed by atoms with Crippen LogP contribution in [0.2, 0.25) is 0 Å². The highest BCUT2D eigenvalue weighted by Gasteiger charge is 2.06. The average molecular weight is 266 g/mol. The Morgan fingerprint density at radius 3 is 2.53 bits per heavy atom. The second-order valence-corrected chi connectivity index (χ2v) is 4.46. The molecular formula is C11H12BrN3. The Hall–Kier alpha value is -1.29. The van der Waals surface area contributed by atoms with Gasteiger partial charge in [-0.3, -0.25) is 0 Å². The minimum atomic E-state index is 0.718. The fourth-order valence-corrected chi connectivity index (χ4v) is 1.97. The van der Waals surface area contributed by atoms with Crippen molar-refractivity contribution in [3.05, 3.63) is 40.1 Å². The molecule has 0 unspecified atom stereocenters. The van der Waals surface area contributed by atoms with Crippen LogP contribution < -0.4 is 5.73 Å². The number of nitrogens with two attached hydrogens (primary N) is 1. The van der Waals surface area contributed by atoms with Gasteiger partial charge >= 0.3 is 0 Å². The van der Waals surface area contributed by atoms with Gasteiger partial charge in [-0.1, -0.05) is 15.9 Å². The summed E-state index contributed by atoms with van der Waals surface area (Å²) in [6, 6.07) is 7.83. The van der Waals surface area contributed by atoms with E-state index < -0.39 is 0 Å². The molecule has 1 aromatic heterocycles. The normalized spacial score (nSPS) is 10.6. The molecule has 78 valence electrons. The molecule has 1 heterocycles. The summed E-state index contributed by atoms with van der Waals surface area (Å²) in [5.41, 5.74) is 9.66. The molecule has 0 aliphatic rings. The van der Waals surface area contributed by atoms with Gasteiger partial charge in [0.1, 0.15) is 0 Å². The molecule has 2 N–H and O–H groups in total. The highest BCUT2D eigenvalue weighted by Crippen LogP contribution is 2.22. The fraction of sp³-hybridized carbons (Fsp3) is 0.182. The molecule has 0 spiro atoms. The van der Waals surface area contributed by atoms with Crippen molar-refractivity contribution >= 4 is 21.6 Å². The number of aryl methyl sites for hydroxylation is 2. The summed E-state index contributed by atoms with van der Waals surface area (Å²) in [5.74, 6) is 0. The van der Waals surface area contributed by atoms with Gasteiger partial charge in [0.15, 0.2) is 0 Å². The van der Waals surface area contributed by atoms with Gasteiger partial charge < -0.3 is 5.73 Å². The molecule has 0 fully saturated rings. The first kappa shape index (κ1) is 10.2. The summed E-state index contributed by atoms with van der Waals surface area (Å²) in [6.07, 6.45) is 0. The number of hydrogen-bond donors (Lipinski definition) is 1. The molecule has 0 aliphatic carbocycles. The van der Waals surface area contributed by atoms with E-state index in [0.717, 1.165) is 27.2 Å². The molecular weight excluding hydrogens is 254 g/mol. The second-order valence-electron chi connectivity index (χ2n) is 3.54. The van der Waals surface area contributed by atoms with Crippen LogP contribution in [0.25, 0.3) is 5.69 Å². The number of anilines is 1. The van der Waals surface area contributed by atoms with Crippen LogP contribution in [0, 0.1) is 13.8 Å². The Balaban J connectivity index is 2.59. The third kappa shape index (κ3) is 1.90. The summed E-state index contributed by atoms with van der Waals surface area (Å²) in [5, 5.41) is 4.39. The largest absolute Gasteiger partial charge is 0.397 e. The number of aromatic nitrogens is 2. The molecule has 3 nitrogen and oxygen atoms in total. The summed E-state index contributed by atoms with van der Waals surface area (Å²) in [7, 11) is 0. The predicted octanol–water partition coefficient (Wildman–Crippen LogP) is 2.83. The average Bonchev–Trinajstić information content (AvgIpc) is 2.45. The smallest absolute Gasteiger partial charge is 0.0878 e. The van der Waals surface area contributed by atoms with Gasteiger partial charge in [0.2, 0.25) is 0 Å². The van der Waals surface area contributed by atoms with Crippen molar-refractivity contribution < 1.29 is 0 Å². The molecule has 15 heavy (non-hydrogen) atoms. The van der Waals surface area contributed by atoms with Crippen molar-refractivity contribution in [1.29, 1.82) is 0 Å². The Morgan fingerprint density at radius 2 is 2.00 bits per heavy atom. The van der Waals surface area contributed by atoms with Crippen molar-refractivity contribution in [2.24, 2.45) is 0 Å². The minimum Gasteiger partial charge on any atom is -0.397 e. The maximum atomic E-state index is 5.94. The minimum absolute atomic E-state index is 0.718. The monoisotopic (exact) mass is 265 g/mol. The van der Waals surface area contributed by atoms with Gasteiger partial charge in [-0.25, -0.2) is 4.68 Å². The molecule has 0 radical (unpaired) electrons. The number of rotatable bonds is 1. The van der Waals surface area contributed by atoms with Crippen molar-refractivity contribution in [3.63, 3.8) is 0 Å². The molecule has 2 aromatic rings. The summed E-state index contributed by atoms with van der Waals surface area (Å²) in [6.45, 7) is 3.99. The number of hydrogen-bond acceptors (Lipinski definition) is 2. The molecule has 0 amide bonds. The predicted molar refractivity (Wildman–Crippen MR) is 65.2 cm³/mol. The van der Waals surface area contributed by atoms with Crippen molar-refractivity contribution in [2.45, 2.75) is 13.8 Å². The molecule has 2 rings (SSSR count). The Labute approximate surface area is 97.0 Å². The number of nitrogens with zero attached hydrogens (tertiary/aromatic N) is 2. The molecule has 0 bridgehead atoms. The van der Waals surface area contributed by atoms with Crippen LogP contribution in [-0.2, 0) is 0 Å². The maximum absolute atomic E-state index is 5.94. The van der Waals surface area contributed by atoms with Crippen LogP contribution in [0.15, 0.2) is 28.7 Å². The van der Waals surface area contributed by atoms with Gasteiger partial charge in [0, 0.05) is 10.2 Å². The van der Waals surface area contributed by atoms with Gasteiger partial charge in [0.05, 0.1) is 17.1 Å². The van der Waals surface area contributed by atoms with E-state index in [1.165, 1.54) is 0 Å². The van der Waals surface area contributed by atoms with Gasteiger partial charge in [-0.2, -0.15) is 5.10 Å². The zero-order valence-electron chi connectivity index (χ0n) is 8.66. The van der Waals surface area contributed by atoms with Gasteiger partial charge in [-0.15, -0.1) is 0 Å². The highest BCUT2D eigenvalue weighted by atomic mass is 79.9. The number of benzene rings is 1. The topological polar surface area (TPSA) is 43.8 Å². The molecule has 1 aromatic carbocycles. The Kier molecular flexibility index (Phi) is 2.52. The summed E-state index contributed by atoms with van der Waals surface area (Å²) in [4.78, 5) is 0. The zero-order valence-corrected chi connectivity index (χ0v) is 10.2. The Bertz CT molecular complexity index is 503. The summed E-state index contributed by atoms with van der Waals surface area (Å²) < 4.78 is 2.84. The van der Waals surface area contributed by atoms with Crippen molar-refractivity contribution in [3.8, 4) is 5.69 Å². The van der Waals surface area contributed by atoms with Gasteiger partial charge in [-0.05, 0) is 38.1 Å². The Morgan fingerprint density at radius 1 is 1.27 bits per heavy atom. The first-order valence-corrected chi connectivity index (χ1v) is 5.46. The van der Waals surface area contributed by atoms with Crippen LogP contribution in [0.3, 0.4) is 0 Å². The highest BCUT2D eigenvalue weighted by molar-refractivity contribution is 9.10. The van der Waals surface area contributed by atoms with Crippen LogP contribution >= 0.6 is 15.9 Å². The number of nitrogen functional groups attached to an aromatic ring is 1. The quantitative estimate of drug-likeness (QED) is 0.806. The van der Waals surface area contributed by atoms with E-state index in [1.807, 2.05) is 42.8 Å². The number of halogens is 1. The molecule has 0 aliphatic heterocycles.